The molecule has 100 valence electrons. The standard InChI is InChI=1S/C11H6ClN5O3/c12-8-2-1-3-9(14-8)13-7-5-4-6-10(16-20-15-6)11(7)17(18)19/h1-5H,(H,13,14). The molecule has 0 amide bonds. The van der Waals surface area contributed by atoms with Gasteiger partial charge < -0.3 is 5.32 Å². The Morgan fingerprint density at radius 2 is 2.10 bits per heavy atom. The average Bonchev–Trinajstić information content (AvgIpc) is 2.86. The van der Waals surface area contributed by atoms with Crippen LogP contribution in [0.3, 0.4) is 0 Å². The van der Waals surface area contributed by atoms with Crippen molar-refractivity contribution >= 4 is 39.8 Å². The molecule has 20 heavy (non-hydrogen) atoms. The highest BCUT2D eigenvalue weighted by Crippen LogP contribution is 2.33. The van der Waals surface area contributed by atoms with E-state index in [-0.39, 0.29) is 22.0 Å². The number of benzene rings is 1. The third kappa shape index (κ3) is 2.12. The van der Waals surface area contributed by atoms with Gasteiger partial charge in [0.1, 0.15) is 22.2 Å². The third-order valence-corrected chi connectivity index (χ3v) is 2.77. The minimum absolute atomic E-state index is 0.0713. The lowest BCUT2D eigenvalue weighted by Crippen LogP contribution is -1.99. The van der Waals surface area contributed by atoms with Gasteiger partial charge in [0.25, 0.3) is 0 Å². The molecule has 9 heteroatoms. The van der Waals surface area contributed by atoms with Crippen LogP contribution in [0.5, 0.6) is 0 Å². The van der Waals surface area contributed by atoms with Crippen molar-refractivity contribution in [1.82, 2.24) is 15.3 Å². The van der Waals surface area contributed by atoms with E-state index in [4.69, 9.17) is 11.6 Å². The van der Waals surface area contributed by atoms with Crippen LogP contribution in [0.4, 0.5) is 17.2 Å². The largest absolute Gasteiger partial charge is 0.335 e. The van der Waals surface area contributed by atoms with Crippen LogP contribution in [0.25, 0.3) is 11.0 Å². The van der Waals surface area contributed by atoms with Crippen molar-refractivity contribution in [2.75, 3.05) is 5.32 Å². The van der Waals surface area contributed by atoms with Crippen LogP contribution >= 0.6 is 11.6 Å². The maximum absolute atomic E-state index is 11.2. The van der Waals surface area contributed by atoms with Crippen molar-refractivity contribution in [2.24, 2.45) is 0 Å². The molecular weight excluding hydrogens is 286 g/mol. The number of hydrogen-bond acceptors (Lipinski definition) is 7. The van der Waals surface area contributed by atoms with Crippen molar-refractivity contribution in [1.29, 1.82) is 0 Å². The fourth-order valence-corrected chi connectivity index (χ4v) is 1.90. The molecule has 0 spiro atoms. The molecule has 8 nitrogen and oxygen atoms in total. The molecule has 0 aliphatic rings. The summed E-state index contributed by atoms with van der Waals surface area (Å²) in [6.07, 6.45) is 0. The zero-order valence-corrected chi connectivity index (χ0v) is 10.5. The lowest BCUT2D eigenvalue weighted by molar-refractivity contribution is -0.382. The van der Waals surface area contributed by atoms with Crippen LogP contribution in [0.15, 0.2) is 35.0 Å². The molecule has 1 N–H and O–H groups in total. The van der Waals surface area contributed by atoms with Gasteiger partial charge in [-0.2, -0.15) is 0 Å². The Labute approximate surface area is 116 Å². The topological polar surface area (TPSA) is 107 Å². The quantitative estimate of drug-likeness (QED) is 0.449. The Hall–Kier alpha value is -2.74. The van der Waals surface area contributed by atoms with E-state index in [2.05, 4.69) is 25.2 Å². The van der Waals surface area contributed by atoms with E-state index in [1.165, 1.54) is 6.07 Å². The Morgan fingerprint density at radius 1 is 1.25 bits per heavy atom. The predicted molar refractivity (Wildman–Crippen MR) is 71.0 cm³/mol. The maximum Gasteiger partial charge on any atom is 0.323 e. The molecule has 0 radical (unpaired) electrons. The number of nitrogens with one attached hydrogen (secondary N) is 1. The lowest BCUT2D eigenvalue weighted by Gasteiger charge is -2.06. The Kier molecular flexibility index (Phi) is 2.92. The molecule has 2 heterocycles. The summed E-state index contributed by atoms with van der Waals surface area (Å²) in [7, 11) is 0. The summed E-state index contributed by atoms with van der Waals surface area (Å²) < 4.78 is 4.51. The molecule has 0 bridgehead atoms. The van der Waals surface area contributed by atoms with E-state index in [1.807, 2.05) is 0 Å². The van der Waals surface area contributed by atoms with E-state index >= 15 is 0 Å². The first-order valence-corrected chi connectivity index (χ1v) is 5.82. The van der Waals surface area contributed by atoms with Gasteiger partial charge in [0, 0.05) is 0 Å². The summed E-state index contributed by atoms with van der Waals surface area (Å²) in [5.41, 5.74) is 0.377. The predicted octanol–water partition coefficient (Wildman–Crippen LogP) is 2.92. The highest BCUT2D eigenvalue weighted by atomic mass is 35.5. The fraction of sp³-hybridized carbons (Fsp3) is 0. The molecule has 0 aliphatic carbocycles. The maximum atomic E-state index is 11.2. The van der Waals surface area contributed by atoms with Crippen molar-refractivity contribution < 1.29 is 9.55 Å². The van der Waals surface area contributed by atoms with Crippen LogP contribution < -0.4 is 5.32 Å². The Balaban J connectivity index is 2.11. The number of pyridine rings is 1. The molecule has 0 aliphatic heterocycles. The molecule has 0 saturated carbocycles. The van der Waals surface area contributed by atoms with Crippen LogP contribution in [0, 0.1) is 10.1 Å². The Morgan fingerprint density at radius 3 is 2.85 bits per heavy atom. The highest BCUT2D eigenvalue weighted by Gasteiger charge is 2.22. The summed E-state index contributed by atoms with van der Waals surface area (Å²) in [6.45, 7) is 0. The first-order valence-electron chi connectivity index (χ1n) is 5.44. The van der Waals surface area contributed by atoms with Crippen LogP contribution in [0.1, 0.15) is 0 Å². The van der Waals surface area contributed by atoms with E-state index in [9.17, 15) is 10.1 Å². The number of fused-ring (bicyclic) bond motifs is 1. The zero-order chi connectivity index (χ0) is 14.1. The second kappa shape index (κ2) is 4.74. The number of rotatable bonds is 3. The molecular formula is C11H6ClN5O3. The fourth-order valence-electron chi connectivity index (χ4n) is 1.74. The number of hydrogen-bond donors (Lipinski definition) is 1. The van der Waals surface area contributed by atoms with Gasteiger partial charge in [-0.1, -0.05) is 17.7 Å². The lowest BCUT2D eigenvalue weighted by atomic mass is 10.2. The van der Waals surface area contributed by atoms with Gasteiger partial charge >= 0.3 is 5.69 Å². The van der Waals surface area contributed by atoms with E-state index in [1.54, 1.807) is 24.3 Å². The van der Waals surface area contributed by atoms with Gasteiger partial charge in [0.15, 0.2) is 0 Å². The summed E-state index contributed by atoms with van der Waals surface area (Å²) in [6, 6.07) is 7.99. The summed E-state index contributed by atoms with van der Waals surface area (Å²) in [5.74, 6) is 0.386. The second-order valence-electron chi connectivity index (χ2n) is 3.82. The molecule has 0 atom stereocenters. The summed E-state index contributed by atoms with van der Waals surface area (Å²) >= 11 is 5.77. The normalized spacial score (nSPS) is 10.7. The molecule has 3 rings (SSSR count). The van der Waals surface area contributed by atoms with Crippen molar-refractivity contribution in [2.45, 2.75) is 0 Å². The number of anilines is 2. The molecule has 1 aromatic carbocycles. The Bertz CT molecular complexity index is 804. The second-order valence-corrected chi connectivity index (χ2v) is 4.21. The van der Waals surface area contributed by atoms with Gasteiger partial charge in [-0.3, -0.25) is 10.1 Å². The minimum Gasteiger partial charge on any atom is -0.335 e. The van der Waals surface area contributed by atoms with E-state index < -0.39 is 4.92 Å². The molecule has 0 unspecified atom stereocenters. The number of nitro benzene ring substituents is 1. The number of halogens is 1. The minimum atomic E-state index is -0.556. The molecule has 0 fully saturated rings. The van der Waals surface area contributed by atoms with Crippen LogP contribution in [-0.4, -0.2) is 20.2 Å². The zero-order valence-electron chi connectivity index (χ0n) is 9.78. The number of aromatic nitrogens is 3. The highest BCUT2D eigenvalue weighted by molar-refractivity contribution is 6.29. The van der Waals surface area contributed by atoms with Gasteiger partial charge in [-0.25, -0.2) is 9.61 Å². The van der Waals surface area contributed by atoms with Crippen LogP contribution in [-0.2, 0) is 0 Å². The van der Waals surface area contributed by atoms with Crippen molar-refractivity contribution in [3.8, 4) is 0 Å². The molecule has 0 saturated heterocycles. The van der Waals surface area contributed by atoms with Gasteiger partial charge in [0.2, 0.25) is 5.52 Å². The third-order valence-electron chi connectivity index (χ3n) is 2.56. The van der Waals surface area contributed by atoms with Gasteiger partial charge in [-0.05, 0) is 34.6 Å². The van der Waals surface area contributed by atoms with Gasteiger partial charge in [0.05, 0.1) is 4.92 Å². The number of nitro groups is 1. The summed E-state index contributed by atoms with van der Waals surface area (Å²) in [4.78, 5) is 14.7. The molecule has 2 aromatic heterocycles. The van der Waals surface area contributed by atoms with Gasteiger partial charge in [-0.15, -0.1) is 0 Å². The molecule has 3 aromatic rings. The summed E-state index contributed by atoms with van der Waals surface area (Å²) in [5, 5.41) is 21.4. The number of nitrogens with zero attached hydrogens (tertiary/aromatic N) is 4. The van der Waals surface area contributed by atoms with E-state index in [0.29, 0.717) is 11.3 Å². The van der Waals surface area contributed by atoms with Crippen molar-refractivity contribution in [3.63, 3.8) is 0 Å². The van der Waals surface area contributed by atoms with Crippen LogP contribution in [0.2, 0.25) is 5.15 Å². The first kappa shape index (κ1) is 12.3. The monoisotopic (exact) mass is 291 g/mol. The van der Waals surface area contributed by atoms with Crippen molar-refractivity contribution in [3.05, 3.63) is 45.6 Å². The SMILES string of the molecule is O=[N+]([O-])c1c(Nc2cccc(Cl)n2)ccc2nonc12. The average molecular weight is 292 g/mol. The smallest absolute Gasteiger partial charge is 0.323 e. The first-order chi connectivity index (χ1) is 9.65. The van der Waals surface area contributed by atoms with E-state index in [0.717, 1.165) is 0 Å².